The second-order valence-corrected chi connectivity index (χ2v) is 3.13. The molecule has 0 spiro atoms. The fourth-order valence-corrected chi connectivity index (χ4v) is 1.54. The highest BCUT2D eigenvalue weighted by atomic mass is 16.4. The highest BCUT2D eigenvalue weighted by Crippen LogP contribution is 2.16. The normalized spacial score (nSPS) is 10.6. The molecular weight excluding hydrogens is 178 g/mol. The monoisotopic (exact) mass is 189 g/mol. The number of rotatable bonds is 2. The molecule has 2 rings (SSSR count). The molecule has 0 unspecified atom stereocenters. The zero-order valence-corrected chi connectivity index (χ0v) is 7.69. The highest BCUT2D eigenvalue weighted by molar-refractivity contribution is 5.79. The van der Waals surface area contributed by atoms with E-state index in [4.69, 9.17) is 10.2 Å². The van der Waals surface area contributed by atoms with Gasteiger partial charge in [0.05, 0.1) is 0 Å². The summed E-state index contributed by atoms with van der Waals surface area (Å²) in [7, 11) is 0. The van der Waals surface area contributed by atoms with Crippen LogP contribution in [0.3, 0.4) is 0 Å². The zero-order valence-electron chi connectivity index (χ0n) is 7.69. The molecule has 0 bridgehead atoms. The van der Waals surface area contributed by atoms with Crippen LogP contribution < -0.4 is 11.4 Å². The summed E-state index contributed by atoms with van der Waals surface area (Å²) in [5.41, 5.74) is 6.74. The minimum absolute atomic E-state index is 0.313. The van der Waals surface area contributed by atoms with Crippen LogP contribution in [0.1, 0.15) is 5.56 Å². The average Bonchev–Trinajstić information content (AvgIpc) is 2.18. The molecule has 0 aliphatic heterocycles. The van der Waals surface area contributed by atoms with Crippen LogP contribution in [0.2, 0.25) is 0 Å². The molecule has 2 aromatic rings. The van der Waals surface area contributed by atoms with Crippen molar-refractivity contribution in [3.8, 4) is 0 Å². The van der Waals surface area contributed by atoms with Crippen LogP contribution in [0.15, 0.2) is 39.5 Å². The van der Waals surface area contributed by atoms with Gasteiger partial charge in [0.15, 0.2) is 0 Å². The van der Waals surface area contributed by atoms with Crippen LogP contribution in [0.4, 0.5) is 0 Å². The summed E-state index contributed by atoms with van der Waals surface area (Å²) in [4.78, 5) is 11.2. The number of benzene rings is 1. The van der Waals surface area contributed by atoms with Crippen molar-refractivity contribution < 1.29 is 4.42 Å². The quantitative estimate of drug-likeness (QED) is 0.724. The molecule has 0 atom stereocenters. The standard InChI is InChI=1S/C11H11NO2/c12-6-5-8-7-11(13)14-10-4-2-1-3-9(8)10/h1-4,7H,5-6,12H2. The predicted molar refractivity (Wildman–Crippen MR) is 55.2 cm³/mol. The molecule has 14 heavy (non-hydrogen) atoms. The zero-order chi connectivity index (χ0) is 9.97. The molecule has 3 heteroatoms. The van der Waals surface area contributed by atoms with E-state index in [1.807, 2.05) is 18.2 Å². The van der Waals surface area contributed by atoms with Gasteiger partial charge < -0.3 is 10.2 Å². The highest BCUT2D eigenvalue weighted by Gasteiger charge is 2.03. The summed E-state index contributed by atoms with van der Waals surface area (Å²) in [6.07, 6.45) is 0.701. The second-order valence-electron chi connectivity index (χ2n) is 3.13. The van der Waals surface area contributed by atoms with Gasteiger partial charge in [-0.2, -0.15) is 0 Å². The maximum atomic E-state index is 11.2. The van der Waals surface area contributed by atoms with Crippen molar-refractivity contribution in [2.75, 3.05) is 6.54 Å². The third-order valence-electron chi connectivity index (χ3n) is 2.15. The second kappa shape index (κ2) is 3.64. The Morgan fingerprint density at radius 3 is 2.86 bits per heavy atom. The van der Waals surface area contributed by atoms with Crippen molar-refractivity contribution in [2.45, 2.75) is 6.42 Å². The van der Waals surface area contributed by atoms with Crippen LogP contribution >= 0.6 is 0 Å². The summed E-state index contributed by atoms with van der Waals surface area (Å²) in [6.45, 7) is 0.535. The van der Waals surface area contributed by atoms with E-state index >= 15 is 0 Å². The average molecular weight is 189 g/mol. The van der Waals surface area contributed by atoms with Gasteiger partial charge in [0.2, 0.25) is 0 Å². The van der Waals surface area contributed by atoms with Gasteiger partial charge in [0, 0.05) is 11.5 Å². The lowest BCUT2D eigenvalue weighted by atomic mass is 10.1. The smallest absolute Gasteiger partial charge is 0.336 e. The molecule has 0 amide bonds. The van der Waals surface area contributed by atoms with Crippen LogP contribution in [0, 0.1) is 0 Å². The van der Waals surface area contributed by atoms with Crippen molar-refractivity contribution in [2.24, 2.45) is 5.73 Å². The topological polar surface area (TPSA) is 56.2 Å². The van der Waals surface area contributed by atoms with Gasteiger partial charge in [0.1, 0.15) is 5.58 Å². The van der Waals surface area contributed by atoms with E-state index in [2.05, 4.69) is 0 Å². The summed E-state index contributed by atoms with van der Waals surface area (Å²) in [6, 6.07) is 9.00. The lowest BCUT2D eigenvalue weighted by Gasteiger charge is -2.02. The molecular formula is C11H11NO2. The number of nitrogens with two attached hydrogens (primary N) is 1. The van der Waals surface area contributed by atoms with E-state index in [0.29, 0.717) is 18.5 Å². The fraction of sp³-hybridized carbons (Fsp3) is 0.182. The first-order valence-corrected chi connectivity index (χ1v) is 4.53. The lowest BCUT2D eigenvalue weighted by molar-refractivity contribution is 0.559. The van der Waals surface area contributed by atoms with Crippen molar-refractivity contribution in [1.29, 1.82) is 0 Å². The first-order chi connectivity index (χ1) is 6.81. The SMILES string of the molecule is NCCc1cc(=O)oc2ccccc12. The van der Waals surface area contributed by atoms with Gasteiger partial charge in [-0.05, 0) is 24.6 Å². The maximum Gasteiger partial charge on any atom is 0.336 e. The Kier molecular flexibility index (Phi) is 2.33. The third-order valence-corrected chi connectivity index (χ3v) is 2.15. The molecule has 0 fully saturated rings. The van der Waals surface area contributed by atoms with Gasteiger partial charge in [-0.1, -0.05) is 18.2 Å². The van der Waals surface area contributed by atoms with E-state index in [1.54, 1.807) is 6.07 Å². The van der Waals surface area contributed by atoms with E-state index in [9.17, 15) is 4.79 Å². The van der Waals surface area contributed by atoms with Crippen LogP contribution in [-0.2, 0) is 6.42 Å². The predicted octanol–water partition coefficient (Wildman–Crippen LogP) is 1.29. The molecule has 3 nitrogen and oxygen atoms in total. The Hall–Kier alpha value is -1.61. The number of para-hydroxylation sites is 1. The molecule has 0 saturated heterocycles. The third kappa shape index (κ3) is 1.54. The van der Waals surface area contributed by atoms with Crippen molar-refractivity contribution in [3.63, 3.8) is 0 Å². The molecule has 1 aromatic carbocycles. The molecule has 1 aromatic heterocycles. The molecule has 0 aliphatic rings. The largest absolute Gasteiger partial charge is 0.423 e. The minimum atomic E-state index is -0.313. The summed E-state index contributed by atoms with van der Waals surface area (Å²) in [5, 5.41) is 0.970. The Balaban J connectivity index is 2.73. The van der Waals surface area contributed by atoms with Crippen LogP contribution in [-0.4, -0.2) is 6.54 Å². The maximum absolute atomic E-state index is 11.2. The van der Waals surface area contributed by atoms with Gasteiger partial charge >= 0.3 is 5.63 Å². The van der Waals surface area contributed by atoms with E-state index in [0.717, 1.165) is 10.9 Å². The van der Waals surface area contributed by atoms with Crippen molar-refractivity contribution in [3.05, 3.63) is 46.3 Å². The van der Waals surface area contributed by atoms with E-state index in [-0.39, 0.29) is 5.63 Å². The first-order valence-electron chi connectivity index (χ1n) is 4.53. The van der Waals surface area contributed by atoms with E-state index < -0.39 is 0 Å². The minimum Gasteiger partial charge on any atom is -0.423 e. The van der Waals surface area contributed by atoms with Crippen molar-refractivity contribution in [1.82, 2.24) is 0 Å². The number of hydrogen-bond donors (Lipinski definition) is 1. The van der Waals surface area contributed by atoms with Gasteiger partial charge in [-0.3, -0.25) is 0 Å². The van der Waals surface area contributed by atoms with Gasteiger partial charge in [0.25, 0.3) is 0 Å². The Bertz CT molecular complexity index is 502. The Morgan fingerprint density at radius 1 is 1.29 bits per heavy atom. The van der Waals surface area contributed by atoms with Gasteiger partial charge in [-0.25, -0.2) is 4.79 Å². The molecule has 2 N–H and O–H groups in total. The lowest BCUT2D eigenvalue weighted by Crippen LogP contribution is -2.07. The van der Waals surface area contributed by atoms with Gasteiger partial charge in [-0.15, -0.1) is 0 Å². The molecule has 0 saturated carbocycles. The molecule has 72 valence electrons. The Morgan fingerprint density at radius 2 is 2.07 bits per heavy atom. The molecule has 0 radical (unpaired) electrons. The summed E-state index contributed by atoms with van der Waals surface area (Å²) >= 11 is 0. The summed E-state index contributed by atoms with van der Waals surface area (Å²) in [5.74, 6) is 0. The molecule has 0 aliphatic carbocycles. The number of fused-ring (bicyclic) bond motifs is 1. The fourth-order valence-electron chi connectivity index (χ4n) is 1.54. The number of hydrogen-bond acceptors (Lipinski definition) is 3. The van der Waals surface area contributed by atoms with Crippen LogP contribution in [0.25, 0.3) is 11.0 Å². The first kappa shape index (κ1) is 8.97. The van der Waals surface area contributed by atoms with Crippen LogP contribution in [0.5, 0.6) is 0 Å². The van der Waals surface area contributed by atoms with Crippen molar-refractivity contribution >= 4 is 11.0 Å². The molecule has 1 heterocycles. The Labute approximate surface area is 81.1 Å². The summed E-state index contributed by atoms with van der Waals surface area (Å²) < 4.78 is 5.05. The van der Waals surface area contributed by atoms with E-state index in [1.165, 1.54) is 6.07 Å².